The van der Waals surface area contributed by atoms with E-state index < -0.39 is 16.1 Å². The topological polar surface area (TPSA) is 96.0 Å². The standard InChI is InChI=1S/C22H27N3O5S/c1-4-30-18-11-9-17(10-12-18)25-22(27)24(15-21(26)23-14-13-16(2)3)19-7-5-6-8-20(19)31(25,28)29/h5-12,16H,4,13-15H2,1-3H3,(H,23,26). The predicted molar refractivity (Wildman–Crippen MR) is 119 cm³/mol. The van der Waals surface area contributed by atoms with Crippen molar-refractivity contribution < 1.29 is 22.7 Å². The molecule has 0 saturated heterocycles. The smallest absolute Gasteiger partial charge is 0.343 e. The van der Waals surface area contributed by atoms with Gasteiger partial charge in [-0.3, -0.25) is 9.69 Å². The Labute approximate surface area is 182 Å². The van der Waals surface area contributed by atoms with Crippen molar-refractivity contribution in [2.75, 3.05) is 28.9 Å². The Morgan fingerprint density at radius 3 is 2.42 bits per heavy atom. The third kappa shape index (κ3) is 4.82. The third-order valence-corrected chi connectivity index (χ3v) is 6.56. The van der Waals surface area contributed by atoms with Gasteiger partial charge in [-0.1, -0.05) is 26.0 Å². The summed E-state index contributed by atoms with van der Waals surface area (Å²) in [6, 6.07) is 11.6. The van der Waals surface area contributed by atoms with Crippen molar-refractivity contribution in [3.63, 3.8) is 0 Å². The first-order chi connectivity index (χ1) is 14.8. The van der Waals surface area contributed by atoms with E-state index in [1.54, 1.807) is 24.3 Å². The maximum Gasteiger partial charge on any atom is 0.343 e. The summed E-state index contributed by atoms with van der Waals surface area (Å²) in [5.41, 5.74) is 0.363. The number of anilines is 2. The Kier molecular flexibility index (Phi) is 6.84. The van der Waals surface area contributed by atoms with Gasteiger partial charge >= 0.3 is 6.03 Å². The Balaban J connectivity index is 1.95. The Morgan fingerprint density at radius 1 is 1.10 bits per heavy atom. The second-order valence-electron chi connectivity index (χ2n) is 7.57. The molecule has 1 N–H and O–H groups in total. The molecule has 9 heteroatoms. The van der Waals surface area contributed by atoms with Gasteiger partial charge in [0.2, 0.25) is 5.91 Å². The quantitative estimate of drug-likeness (QED) is 0.672. The van der Waals surface area contributed by atoms with E-state index in [1.165, 1.54) is 29.2 Å². The molecular formula is C22H27N3O5S. The first-order valence-electron chi connectivity index (χ1n) is 10.2. The largest absolute Gasteiger partial charge is 0.494 e. The lowest BCUT2D eigenvalue weighted by molar-refractivity contribution is -0.119. The maximum atomic E-state index is 13.3. The van der Waals surface area contributed by atoms with Gasteiger partial charge in [-0.2, -0.15) is 4.31 Å². The monoisotopic (exact) mass is 445 g/mol. The van der Waals surface area contributed by atoms with Crippen LogP contribution in [0.4, 0.5) is 16.2 Å². The van der Waals surface area contributed by atoms with Gasteiger partial charge < -0.3 is 10.1 Å². The number of sulfonamides is 1. The van der Waals surface area contributed by atoms with Gasteiger partial charge in [0.15, 0.2) is 0 Å². The van der Waals surface area contributed by atoms with Crippen molar-refractivity contribution in [1.82, 2.24) is 5.32 Å². The SMILES string of the molecule is CCOc1ccc(N2C(=O)N(CC(=O)NCCC(C)C)c3ccccc3S2(=O)=O)cc1. The number of para-hydroxylation sites is 1. The number of hydrogen-bond acceptors (Lipinski definition) is 5. The Morgan fingerprint density at radius 2 is 1.77 bits per heavy atom. The van der Waals surface area contributed by atoms with Gasteiger partial charge in [0.05, 0.1) is 18.0 Å². The van der Waals surface area contributed by atoms with E-state index in [0.29, 0.717) is 24.8 Å². The molecule has 8 nitrogen and oxygen atoms in total. The number of benzene rings is 2. The van der Waals surface area contributed by atoms with Crippen molar-refractivity contribution in [3.05, 3.63) is 48.5 Å². The molecule has 2 aromatic rings. The van der Waals surface area contributed by atoms with Crippen LogP contribution in [0.25, 0.3) is 0 Å². The van der Waals surface area contributed by atoms with Gasteiger partial charge in [0, 0.05) is 6.54 Å². The number of ether oxygens (including phenoxy) is 1. The van der Waals surface area contributed by atoms with E-state index >= 15 is 0 Å². The molecule has 166 valence electrons. The fourth-order valence-corrected chi connectivity index (χ4v) is 4.85. The molecule has 0 aliphatic carbocycles. The van der Waals surface area contributed by atoms with Crippen molar-refractivity contribution in [3.8, 4) is 5.75 Å². The zero-order valence-electron chi connectivity index (χ0n) is 17.9. The number of nitrogens with zero attached hydrogens (tertiary/aromatic N) is 2. The molecule has 1 aliphatic heterocycles. The van der Waals surface area contributed by atoms with Gasteiger partial charge in [0.1, 0.15) is 17.2 Å². The average Bonchev–Trinajstić information content (AvgIpc) is 2.72. The molecule has 0 atom stereocenters. The van der Waals surface area contributed by atoms with Crippen molar-refractivity contribution in [1.29, 1.82) is 0 Å². The first-order valence-corrected chi connectivity index (χ1v) is 11.6. The lowest BCUT2D eigenvalue weighted by Crippen LogP contribution is -2.53. The van der Waals surface area contributed by atoms with Crippen LogP contribution in [0.15, 0.2) is 53.4 Å². The summed E-state index contributed by atoms with van der Waals surface area (Å²) < 4.78 is 32.6. The Hall–Kier alpha value is -3.07. The molecular weight excluding hydrogens is 418 g/mol. The minimum absolute atomic E-state index is 0.0292. The zero-order chi connectivity index (χ0) is 22.6. The van der Waals surface area contributed by atoms with Crippen LogP contribution >= 0.6 is 0 Å². The highest BCUT2D eigenvalue weighted by molar-refractivity contribution is 7.94. The van der Waals surface area contributed by atoms with Crippen LogP contribution in [0.3, 0.4) is 0 Å². The van der Waals surface area contributed by atoms with Gasteiger partial charge in [-0.05, 0) is 55.7 Å². The number of nitrogens with one attached hydrogen (secondary N) is 1. The molecule has 2 aromatic carbocycles. The van der Waals surface area contributed by atoms with Crippen LogP contribution in [0, 0.1) is 5.92 Å². The van der Waals surface area contributed by atoms with E-state index in [2.05, 4.69) is 19.2 Å². The molecule has 0 radical (unpaired) electrons. The number of urea groups is 1. The maximum absolute atomic E-state index is 13.3. The number of hydrogen-bond donors (Lipinski definition) is 1. The van der Waals surface area contributed by atoms with Crippen molar-refractivity contribution >= 4 is 33.3 Å². The fraction of sp³-hybridized carbons (Fsp3) is 0.364. The van der Waals surface area contributed by atoms with Crippen LogP contribution in [-0.4, -0.2) is 40.1 Å². The summed E-state index contributed by atoms with van der Waals surface area (Å²) in [6.07, 6.45) is 0.808. The fourth-order valence-electron chi connectivity index (χ4n) is 3.26. The Bertz CT molecular complexity index is 1050. The molecule has 3 rings (SSSR count). The van der Waals surface area contributed by atoms with E-state index in [4.69, 9.17) is 4.74 Å². The summed E-state index contributed by atoms with van der Waals surface area (Å²) in [5, 5.41) is 2.79. The van der Waals surface area contributed by atoms with Gasteiger partial charge in [0.25, 0.3) is 10.0 Å². The normalized spacial score (nSPS) is 15.0. The summed E-state index contributed by atoms with van der Waals surface area (Å²) in [4.78, 5) is 26.9. The minimum atomic E-state index is -4.14. The minimum Gasteiger partial charge on any atom is -0.494 e. The molecule has 3 amide bonds. The molecule has 0 spiro atoms. The van der Waals surface area contributed by atoms with E-state index in [9.17, 15) is 18.0 Å². The number of rotatable bonds is 8. The van der Waals surface area contributed by atoms with E-state index in [0.717, 1.165) is 10.7 Å². The summed E-state index contributed by atoms with van der Waals surface area (Å²) in [7, 11) is -4.14. The van der Waals surface area contributed by atoms with Gasteiger partial charge in [-0.25, -0.2) is 13.2 Å². The highest BCUT2D eigenvalue weighted by Gasteiger charge is 2.43. The lowest BCUT2D eigenvalue weighted by Gasteiger charge is -2.35. The zero-order valence-corrected chi connectivity index (χ0v) is 18.7. The van der Waals surface area contributed by atoms with Crippen LogP contribution < -0.4 is 19.3 Å². The van der Waals surface area contributed by atoms with Crippen LogP contribution in [0.5, 0.6) is 5.75 Å². The molecule has 1 aliphatic rings. The molecule has 1 heterocycles. The summed E-state index contributed by atoms with van der Waals surface area (Å²) in [5.74, 6) is 0.641. The van der Waals surface area contributed by atoms with E-state index in [1.807, 2.05) is 6.92 Å². The highest BCUT2D eigenvalue weighted by Crippen LogP contribution is 2.37. The molecule has 0 bridgehead atoms. The molecule has 0 unspecified atom stereocenters. The van der Waals surface area contributed by atoms with Crippen LogP contribution in [-0.2, 0) is 14.8 Å². The van der Waals surface area contributed by atoms with Gasteiger partial charge in [-0.15, -0.1) is 0 Å². The third-order valence-electron chi connectivity index (χ3n) is 4.81. The van der Waals surface area contributed by atoms with Crippen LogP contribution in [0.1, 0.15) is 27.2 Å². The number of fused-ring (bicyclic) bond motifs is 1. The lowest BCUT2D eigenvalue weighted by atomic mass is 10.1. The number of amides is 3. The summed E-state index contributed by atoms with van der Waals surface area (Å²) in [6.45, 7) is 6.62. The van der Waals surface area contributed by atoms with Crippen LogP contribution in [0.2, 0.25) is 0 Å². The first kappa shape index (κ1) is 22.6. The second kappa shape index (κ2) is 9.38. The predicted octanol–water partition coefficient (Wildman–Crippen LogP) is 3.38. The summed E-state index contributed by atoms with van der Waals surface area (Å²) >= 11 is 0. The molecule has 31 heavy (non-hydrogen) atoms. The highest BCUT2D eigenvalue weighted by atomic mass is 32.2. The van der Waals surface area contributed by atoms with E-state index in [-0.39, 0.29) is 28.7 Å². The van der Waals surface area contributed by atoms with Crippen molar-refractivity contribution in [2.24, 2.45) is 5.92 Å². The average molecular weight is 446 g/mol. The number of carbonyl (C=O) groups is 2. The molecule has 0 fully saturated rings. The molecule has 0 saturated carbocycles. The second-order valence-corrected chi connectivity index (χ2v) is 9.32. The van der Waals surface area contributed by atoms with Crippen molar-refractivity contribution in [2.45, 2.75) is 32.1 Å². The number of carbonyl (C=O) groups excluding carboxylic acids is 2. The molecule has 0 aromatic heterocycles.